The maximum atomic E-state index is 12.4. The summed E-state index contributed by atoms with van der Waals surface area (Å²) in [6.07, 6.45) is 3.65. The average Bonchev–Trinajstić information content (AvgIpc) is 3.38. The van der Waals surface area contributed by atoms with Crippen LogP contribution in [-0.2, 0) is 4.79 Å². The molecule has 30 heavy (non-hydrogen) atoms. The van der Waals surface area contributed by atoms with E-state index in [1.165, 1.54) is 24.0 Å². The Morgan fingerprint density at radius 1 is 1.10 bits per heavy atom. The smallest absolute Gasteiger partial charge is 0.236 e. The number of pyridine rings is 1. The van der Waals surface area contributed by atoms with Crippen molar-refractivity contribution in [3.8, 4) is 5.69 Å². The molecule has 156 valence electrons. The van der Waals surface area contributed by atoms with E-state index in [1.54, 1.807) is 0 Å². The first-order valence-corrected chi connectivity index (χ1v) is 11.3. The Labute approximate surface area is 192 Å². The van der Waals surface area contributed by atoms with Gasteiger partial charge >= 0.3 is 0 Å². The van der Waals surface area contributed by atoms with Crippen LogP contribution in [0.15, 0.2) is 41.7 Å². The fourth-order valence-corrected chi connectivity index (χ4v) is 4.48. The number of carbonyl (C=O) groups is 1. The van der Waals surface area contributed by atoms with Gasteiger partial charge in [-0.3, -0.25) is 9.36 Å². The number of hydrogen-bond donors (Lipinski definition) is 1. The molecule has 0 atom stereocenters. The summed E-state index contributed by atoms with van der Waals surface area (Å²) in [6, 6.07) is 9.01. The molecule has 1 aromatic carbocycles. The van der Waals surface area contributed by atoms with Crippen molar-refractivity contribution in [2.24, 2.45) is 0 Å². The van der Waals surface area contributed by atoms with E-state index in [-0.39, 0.29) is 22.5 Å². The summed E-state index contributed by atoms with van der Waals surface area (Å²) < 4.78 is 1.93. The summed E-state index contributed by atoms with van der Waals surface area (Å²) in [4.78, 5) is 18.7. The molecule has 3 aromatic rings. The second kappa shape index (κ2) is 9.43. The first-order chi connectivity index (χ1) is 14.5. The number of hydrogen-bond acceptors (Lipinski definition) is 6. The second-order valence-electron chi connectivity index (χ2n) is 6.61. The van der Waals surface area contributed by atoms with Crippen LogP contribution in [0.2, 0.25) is 15.1 Å². The van der Waals surface area contributed by atoms with Crippen LogP contribution < -0.4 is 10.2 Å². The molecule has 1 saturated heterocycles. The molecule has 1 amide bonds. The number of carbonyl (C=O) groups excluding carboxylic acids is 1. The Bertz CT molecular complexity index is 1070. The van der Waals surface area contributed by atoms with Gasteiger partial charge in [0.25, 0.3) is 0 Å². The highest BCUT2D eigenvalue weighted by Gasteiger charge is 2.23. The van der Waals surface area contributed by atoms with Crippen LogP contribution in [0.5, 0.6) is 0 Å². The van der Waals surface area contributed by atoms with Gasteiger partial charge in [-0.25, -0.2) is 4.98 Å². The second-order valence-corrected chi connectivity index (χ2v) is 8.84. The Morgan fingerprint density at radius 3 is 2.63 bits per heavy atom. The lowest BCUT2D eigenvalue weighted by Crippen LogP contribution is -2.22. The zero-order valence-electron chi connectivity index (χ0n) is 15.7. The van der Waals surface area contributed by atoms with Crippen molar-refractivity contribution < 1.29 is 4.79 Å². The number of thioether (sulfide) groups is 1. The fraction of sp³-hybridized carbons (Fsp3) is 0.263. The van der Waals surface area contributed by atoms with Gasteiger partial charge in [-0.1, -0.05) is 52.6 Å². The van der Waals surface area contributed by atoms with Crippen molar-refractivity contribution in [3.63, 3.8) is 0 Å². The van der Waals surface area contributed by atoms with Crippen LogP contribution in [-0.4, -0.2) is 44.5 Å². The molecule has 1 aliphatic heterocycles. The largest absolute Gasteiger partial charge is 0.341 e. The van der Waals surface area contributed by atoms with E-state index >= 15 is 0 Å². The molecule has 0 saturated carbocycles. The fourth-order valence-electron chi connectivity index (χ4n) is 3.12. The van der Waals surface area contributed by atoms with E-state index in [0.29, 0.717) is 15.2 Å². The predicted molar refractivity (Wildman–Crippen MR) is 121 cm³/mol. The molecule has 3 heterocycles. The summed E-state index contributed by atoms with van der Waals surface area (Å²) in [7, 11) is 0. The molecule has 0 radical (unpaired) electrons. The molecule has 0 aliphatic carbocycles. The van der Waals surface area contributed by atoms with Crippen LogP contribution in [0.25, 0.3) is 5.69 Å². The molecule has 1 aliphatic rings. The van der Waals surface area contributed by atoms with E-state index in [4.69, 9.17) is 34.8 Å². The Kier molecular flexibility index (Phi) is 6.67. The maximum Gasteiger partial charge on any atom is 0.236 e. The van der Waals surface area contributed by atoms with Crippen molar-refractivity contribution in [3.05, 3.63) is 51.6 Å². The van der Waals surface area contributed by atoms with Crippen LogP contribution in [0.1, 0.15) is 12.8 Å². The lowest BCUT2D eigenvalue weighted by atomic mass is 10.3. The highest BCUT2D eigenvalue weighted by Crippen LogP contribution is 2.30. The SMILES string of the molecule is O=C(CSc1nnc(N2CCCC2)n1-c1cccc(Cl)c1)Nc1ncc(Cl)cc1Cl. The molecule has 0 unspecified atom stereocenters. The molecule has 1 N–H and O–H groups in total. The molecule has 4 rings (SSSR count). The zero-order chi connectivity index (χ0) is 21.1. The number of benzene rings is 1. The number of nitrogens with one attached hydrogen (secondary N) is 1. The number of anilines is 2. The first-order valence-electron chi connectivity index (χ1n) is 9.21. The summed E-state index contributed by atoms with van der Waals surface area (Å²) >= 11 is 19.4. The minimum Gasteiger partial charge on any atom is -0.341 e. The third-order valence-electron chi connectivity index (χ3n) is 4.47. The highest BCUT2D eigenvalue weighted by molar-refractivity contribution is 7.99. The van der Waals surface area contributed by atoms with Crippen molar-refractivity contribution in [2.45, 2.75) is 18.0 Å². The highest BCUT2D eigenvalue weighted by atomic mass is 35.5. The van der Waals surface area contributed by atoms with Gasteiger partial charge in [0.15, 0.2) is 11.0 Å². The lowest BCUT2D eigenvalue weighted by Gasteiger charge is -2.18. The van der Waals surface area contributed by atoms with Gasteiger partial charge in [0.1, 0.15) is 0 Å². The Balaban J connectivity index is 1.54. The first kappa shape index (κ1) is 21.2. The summed E-state index contributed by atoms with van der Waals surface area (Å²) in [5.74, 6) is 0.861. The number of nitrogens with zero attached hydrogens (tertiary/aromatic N) is 5. The van der Waals surface area contributed by atoms with E-state index in [0.717, 1.165) is 37.6 Å². The molecule has 11 heteroatoms. The van der Waals surface area contributed by atoms with Crippen molar-refractivity contribution in [2.75, 3.05) is 29.1 Å². The molecular formula is C19H17Cl3N6OS. The van der Waals surface area contributed by atoms with Gasteiger partial charge in [-0.15, -0.1) is 10.2 Å². The van der Waals surface area contributed by atoms with Crippen LogP contribution in [0.4, 0.5) is 11.8 Å². The predicted octanol–water partition coefficient (Wildman–Crippen LogP) is 4.95. The standard InChI is InChI=1S/C19H17Cl3N6OS/c20-12-4-3-5-14(8-12)28-18(27-6-1-2-7-27)25-26-19(28)30-11-16(29)24-17-15(22)9-13(21)10-23-17/h3-5,8-10H,1-2,6-7,11H2,(H,23,24,29). The molecule has 7 nitrogen and oxygen atoms in total. The van der Waals surface area contributed by atoms with Gasteiger partial charge < -0.3 is 10.2 Å². The van der Waals surface area contributed by atoms with Crippen molar-refractivity contribution >= 4 is 64.2 Å². The summed E-state index contributed by atoms with van der Waals surface area (Å²) in [6.45, 7) is 1.84. The van der Waals surface area contributed by atoms with Gasteiger partial charge in [0.2, 0.25) is 11.9 Å². The third-order valence-corrected chi connectivity index (χ3v) is 6.13. The van der Waals surface area contributed by atoms with Gasteiger partial charge in [-0.05, 0) is 37.1 Å². The third kappa shape index (κ3) is 4.83. The van der Waals surface area contributed by atoms with Gasteiger partial charge in [0, 0.05) is 24.3 Å². The van der Waals surface area contributed by atoms with E-state index in [1.807, 2.05) is 28.8 Å². The quantitative estimate of drug-likeness (QED) is 0.500. The van der Waals surface area contributed by atoms with E-state index < -0.39 is 0 Å². The average molecular weight is 484 g/mol. The molecule has 0 bridgehead atoms. The topological polar surface area (TPSA) is 75.9 Å². The van der Waals surface area contributed by atoms with Crippen LogP contribution in [0, 0.1) is 0 Å². The Hall–Kier alpha value is -2.00. The van der Waals surface area contributed by atoms with Crippen LogP contribution in [0.3, 0.4) is 0 Å². The van der Waals surface area contributed by atoms with E-state index in [2.05, 4.69) is 25.4 Å². The molecular weight excluding hydrogens is 467 g/mol. The number of amides is 1. The van der Waals surface area contributed by atoms with Gasteiger partial charge in [-0.2, -0.15) is 0 Å². The van der Waals surface area contributed by atoms with Gasteiger partial charge in [0.05, 0.1) is 21.5 Å². The number of aromatic nitrogens is 4. The molecule has 0 spiro atoms. The minimum absolute atomic E-state index is 0.110. The lowest BCUT2D eigenvalue weighted by molar-refractivity contribution is -0.113. The van der Waals surface area contributed by atoms with Crippen LogP contribution >= 0.6 is 46.6 Å². The molecule has 1 fully saturated rings. The summed E-state index contributed by atoms with van der Waals surface area (Å²) in [5, 5.41) is 13.3. The summed E-state index contributed by atoms with van der Waals surface area (Å²) in [5.41, 5.74) is 0.847. The monoisotopic (exact) mass is 482 g/mol. The Morgan fingerprint density at radius 2 is 1.90 bits per heavy atom. The van der Waals surface area contributed by atoms with Crippen molar-refractivity contribution in [1.29, 1.82) is 0 Å². The number of halogens is 3. The molecule has 2 aromatic heterocycles. The zero-order valence-corrected chi connectivity index (χ0v) is 18.8. The van der Waals surface area contributed by atoms with Crippen molar-refractivity contribution in [1.82, 2.24) is 19.7 Å². The maximum absolute atomic E-state index is 12.4. The normalized spacial score (nSPS) is 13.6. The van der Waals surface area contributed by atoms with E-state index in [9.17, 15) is 4.79 Å². The number of rotatable bonds is 6. The minimum atomic E-state index is -0.264.